The molecule has 5 nitrogen and oxygen atoms in total. The largest absolute Gasteiger partial charge is 0.303 e. The van der Waals surface area contributed by atoms with Crippen molar-refractivity contribution in [3.8, 4) is 0 Å². The van der Waals surface area contributed by atoms with Crippen molar-refractivity contribution < 1.29 is 0 Å². The van der Waals surface area contributed by atoms with E-state index in [9.17, 15) is 4.79 Å². The van der Waals surface area contributed by atoms with Gasteiger partial charge in [-0.2, -0.15) is 4.37 Å². The molecule has 1 aromatic heterocycles. The van der Waals surface area contributed by atoms with Crippen molar-refractivity contribution in [2.75, 3.05) is 11.6 Å². The summed E-state index contributed by atoms with van der Waals surface area (Å²) in [6.07, 6.45) is 1.78. The molecule has 0 radical (unpaired) electrons. The summed E-state index contributed by atoms with van der Waals surface area (Å²) < 4.78 is 6.31. The summed E-state index contributed by atoms with van der Waals surface area (Å²) in [4.78, 5) is 11.1. The van der Waals surface area contributed by atoms with E-state index in [1.54, 1.807) is 6.08 Å². The fourth-order valence-corrected chi connectivity index (χ4v) is 1.34. The van der Waals surface area contributed by atoms with Gasteiger partial charge in [-0.3, -0.25) is 14.2 Å². The van der Waals surface area contributed by atoms with E-state index in [1.165, 1.54) is 5.01 Å². The zero-order chi connectivity index (χ0) is 9.84. The van der Waals surface area contributed by atoms with Gasteiger partial charge >= 0.3 is 5.56 Å². The van der Waals surface area contributed by atoms with Crippen molar-refractivity contribution >= 4 is 17.5 Å². The number of nitrogens with two attached hydrogens (primary N) is 1. The summed E-state index contributed by atoms with van der Waals surface area (Å²) >= 11 is 0.994. The zero-order valence-electron chi connectivity index (χ0n) is 7.36. The third kappa shape index (κ3) is 2.40. The summed E-state index contributed by atoms with van der Waals surface area (Å²) in [5, 5.41) is 1.34. The van der Waals surface area contributed by atoms with Crippen molar-refractivity contribution in [2.45, 2.75) is 6.92 Å². The molecule has 0 amide bonds. The van der Waals surface area contributed by atoms with Gasteiger partial charge in [-0.15, -0.1) is 6.58 Å². The topological polar surface area (TPSA) is 75.0 Å². The number of anilines is 1. The van der Waals surface area contributed by atoms with Gasteiger partial charge in [-0.1, -0.05) is 13.0 Å². The minimum absolute atomic E-state index is 0.228. The molecule has 1 aromatic rings. The molecule has 1 atom stereocenters. The second-order valence-corrected chi connectivity index (χ2v) is 3.37. The van der Waals surface area contributed by atoms with E-state index < -0.39 is 0 Å². The van der Waals surface area contributed by atoms with Crippen LogP contribution in [0.5, 0.6) is 0 Å². The Morgan fingerprint density at radius 3 is 3.08 bits per heavy atom. The molecule has 0 fully saturated rings. The fraction of sp³-hybridized carbons (Fsp3) is 0.429. The first-order valence-electron chi connectivity index (χ1n) is 3.84. The standard InChI is InChI=1S/C7H12N4OS/c1-3-5(2)4-11(8)6-7(12)10-13-9-6/h3,5H,1,4,8H2,2H3,(H,10,12). The Morgan fingerprint density at radius 1 is 1.92 bits per heavy atom. The van der Waals surface area contributed by atoms with Crippen LogP contribution in [0.15, 0.2) is 17.4 Å². The molecule has 0 aliphatic carbocycles. The van der Waals surface area contributed by atoms with Crippen molar-refractivity contribution in [2.24, 2.45) is 11.8 Å². The predicted octanol–water partition coefficient (Wildman–Crippen LogP) is 0.334. The smallest absolute Gasteiger partial charge is 0.289 e. The van der Waals surface area contributed by atoms with Crippen molar-refractivity contribution in [1.82, 2.24) is 8.75 Å². The molecule has 1 unspecified atom stereocenters. The van der Waals surface area contributed by atoms with E-state index >= 15 is 0 Å². The molecule has 0 saturated heterocycles. The van der Waals surface area contributed by atoms with Crippen LogP contribution in [0.25, 0.3) is 0 Å². The number of H-pyrrole nitrogens is 1. The lowest BCUT2D eigenvalue weighted by Gasteiger charge is -2.16. The average molecular weight is 200 g/mol. The van der Waals surface area contributed by atoms with Gasteiger partial charge in [0.2, 0.25) is 5.82 Å². The highest BCUT2D eigenvalue weighted by Crippen LogP contribution is 2.04. The summed E-state index contributed by atoms with van der Waals surface area (Å²) in [5.74, 6) is 6.12. The summed E-state index contributed by atoms with van der Waals surface area (Å²) in [6.45, 7) is 6.14. The number of hydrogen-bond acceptors (Lipinski definition) is 5. The normalized spacial score (nSPS) is 12.5. The van der Waals surface area contributed by atoms with E-state index in [1.807, 2.05) is 6.92 Å². The van der Waals surface area contributed by atoms with Crippen LogP contribution >= 0.6 is 11.7 Å². The van der Waals surface area contributed by atoms with Crippen LogP contribution < -0.4 is 16.4 Å². The molecule has 0 saturated carbocycles. The van der Waals surface area contributed by atoms with Crippen LogP contribution in [0.1, 0.15) is 6.92 Å². The Morgan fingerprint density at radius 2 is 2.62 bits per heavy atom. The Bertz CT molecular complexity index is 331. The summed E-state index contributed by atoms with van der Waals surface area (Å²) in [6, 6.07) is 0. The second-order valence-electron chi connectivity index (χ2n) is 2.80. The van der Waals surface area contributed by atoms with Crippen molar-refractivity contribution in [3.63, 3.8) is 0 Å². The maximum Gasteiger partial charge on any atom is 0.303 e. The van der Waals surface area contributed by atoms with Gasteiger partial charge in [-0.05, 0) is 5.92 Å². The molecule has 0 spiro atoms. The summed E-state index contributed by atoms with van der Waals surface area (Å²) in [7, 11) is 0. The molecule has 3 N–H and O–H groups in total. The van der Waals surface area contributed by atoms with Crippen LogP contribution in [0.2, 0.25) is 0 Å². The zero-order valence-corrected chi connectivity index (χ0v) is 8.17. The predicted molar refractivity (Wildman–Crippen MR) is 53.6 cm³/mol. The van der Waals surface area contributed by atoms with E-state index in [2.05, 4.69) is 15.3 Å². The number of nitrogens with zero attached hydrogens (tertiary/aromatic N) is 2. The molecule has 1 heterocycles. The Hall–Kier alpha value is -1.14. The minimum Gasteiger partial charge on any atom is -0.289 e. The molecular formula is C7H12N4OS. The van der Waals surface area contributed by atoms with E-state index in [-0.39, 0.29) is 17.3 Å². The molecule has 0 aliphatic rings. The maximum absolute atomic E-state index is 11.1. The van der Waals surface area contributed by atoms with Gasteiger partial charge in [0.15, 0.2) is 0 Å². The lowest BCUT2D eigenvalue weighted by atomic mass is 10.2. The average Bonchev–Trinajstić information content (AvgIpc) is 2.51. The maximum atomic E-state index is 11.1. The van der Waals surface area contributed by atoms with Crippen LogP contribution in [0, 0.1) is 5.92 Å². The summed E-state index contributed by atoms with van der Waals surface area (Å²) in [5.41, 5.74) is -0.247. The number of nitrogens with one attached hydrogen (secondary N) is 1. The fourth-order valence-electron chi connectivity index (χ4n) is 0.849. The first-order valence-corrected chi connectivity index (χ1v) is 4.61. The Labute approximate surface area is 80.2 Å². The highest BCUT2D eigenvalue weighted by Gasteiger charge is 2.10. The van der Waals surface area contributed by atoms with Crippen LogP contribution in [-0.2, 0) is 0 Å². The van der Waals surface area contributed by atoms with Crippen LogP contribution in [0.4, 0.5) is 5.82 Å². The van der Waals surface area contributed by atoms with Gasteiger partial charge in [0.1, 0.15) is 0 Å². The monoisotopic (exact) mass is 200 g/mol. The second kappa shape index (κ2) is 4.20. The van der Waals surface area contributed by atoms with Gasteiger partial charge in [0.25, 0.3) is 0 Å². The highest BCUT2D eigenvalue weighted by molar-refractivity contribution is 6.99. The molecular weight excluding hydrogens is 188 g/mol. The molecule has 1 rings (SSSR count). The molecule has 0 aromatic carbocycles. The third-order valence-electron chi connectivity index (χ3n) is 1.63. The van der Waals surface area contributed by atoms with Crippen molar-refractivity contribution in [3.05, 3.63) is 23.0 Å². The number of hydrazine groups is 1. The molecule has 0 bridgehead atoms. The first-order chi connectivity index (χ1) is 6.15. The van der Waals surface area contributed by atoms with Gasteiger partial charge in [0.05, 0.1) is 0 Å². The number of hydrogen-bond donors (Lipinski definition) is 2. The molecule has 0 aliphatic heterocycles. The Kier molecular flexibility index (Phi) is 3.21. The first kappa shape index (κ1) is 9.94. The number of aromatic nitrogens is 2. The van der Waals surface area contributed by atoms with Gasteiger partial charge in [-0.25, -0.2) is 5.84 Å². The molecule has 72 valence electrons. The van der Waals surface area contributed by atoms with Gasteiger partial charge in [0, 0.05) is 18.3 Å². The van der Waals surface area contributed by atoms with Gasteiger partial charge < -0.3 is 0 Å². The van der Waals surface area contributed by atoms with Crippen LogP contribution in [-0.4, -0.2) is 15.3 Å². The molecule has 13 heavy (non-hydrogen) atoms. The van der Waals surface area contributed by atoms with E-state index in [0.29, 0.717) is 6.54 Å². The lowest BCUT2D eigenvalue weighted by Crippen LogP contribution is -2.37. The van der Waals surface area contributed by atoms with E-state index in [4.69, 9.17) is 5.84 Å². The Balaban J connectivity index is 2.69. The van der Waals surface area contributed by atoms with Crippen molar-refractivity contribution in [1.29, 1.82) is 0 Å². The minimum atomic E-state index is -0.247. The highest BCUT2D eigenvalue weighted by atomic mass is 32.1. The molecule has 6 heteroatoms. The quantitative estimate of drug-likeness (QED) is 0.417. The van der Waals surface area contributed by atoms with Crippen LogP contribution in [0.3, 0.4) is 0 Å². The SMILES string of the molecule is C=CC(C)CN(N)c1ns[nH]c1=O. The number of rotatable bonds is 4. The third-order valence-corrected chi connectivity index (χ3v) is 2.17. The lowest BCUT2D eigenvalue weighted by molar-refractivity contribution is 0.674. The van der Waals surface area contributed by atoms with E-state index in [0.717, 1.165) is 11.7 Å². The number of aromatic amines is 1.